The van der Waals surface area contributed by atoms with Gasteiger partial charge in [0.1, 0.15) is 5.82 Å². The lowest BCUT2D eigenvalue weighted by atomic mass is 9.76. The minimum Gasteiger partial charge on any atom is -0.389 e. The van der Waals surface area contributed by atoms with Crippen LogP contribution in [0.25, 0.3) is 0 Å². The summed E-state index contributed by atoms with van der Waals surface area (Å²) in [5.41, 5.74) is -2.47. The number of nitrogens with zero attached hydrogens (tertiary/aromatic N) is 3. The molecule has 33 heavy (non-hydrogen) atoms. The average molecular weight is 488 g/mol. The number of anilines is 2. The van der Waals surface area contributed by atoms with E-state index in [-0.39, 0.29) is 42.0 Å². The number of pyridine rings is 2. The Kier molecular flexibility index (Phi) is 6.43. The van der Waals surface area contributed by atoms with Crippen molar-refractivity contribution in [2.75, 3.05) is 23.3 Å². The van der Waals surface area contributed by atoms with Gasteiger partial charge in [-0.15, -0.1) is 0 Å². The zero-order chi connectivity index (χ0) is 24.8. The first kappa shape index (κ1) is 24.9. The van der Waals surface area contributed by atoms with Crippen LogP contribution in [0.5, 0.6) is 0 Å². The lowest BCUT2D eigenvalue weighted by molar-refractivity contribution is -0.137. The number of sulfonamides is 1. The summed E-state index contributed by atoms with van der Waals surface area (Å²) in [6, 6.07) is 2.97. The Morgan fingerprint density at radius 3 is 2.39 bits per heavy atom. The summed E-state index contributed by atoms with van der Waals surface area (Å²) in [7, 11) is -4.16. The Hall–Kier alpha value is -2.77. The first-order valence-corrected chi connectivity index (χ1v) is 11.5. The molecule has 4 N–H and O–H groups in total. The maximum atomic E-state index is 13.3. The highest BCUT2D eigenvalue weighted by Crippen LogP contribution is 2.37. The first-order chi connectivity index (χ1) is 15.1. The molecular weight excluding hydrogens is 463 g/mol. The number of rotatable bonds is 4. The van der Waals surface area contributed by atoms with Crippen LogP contribution in [-0.4, -0.2) is 48.1 Å². The molecule has 0 bridgehead atoms. The third-order valence-electron chi connectivity index (χ3n) is 6.01. The van der Waals surface area contributed by atoms with Crippen molar-refractivity contribution in [1.82, 2.24) is 9.97 Å². The molecule has 2 aromatic heterocycles. The van der Waals surface area contributed by atoms with E-state index in [1.807, 2.05) is 0 Å². The van der Waals surface area contributed by atoms with Crippen molar-refractivity contribution in [3.05, 3.63) is 41.7 Å². The lowest BCUT2D eigenvalue weighted by Gasteiger charge is -2.46. The fraction of sp³-hybridized carbons (Fsp3) is 0.450. The van der Waals surface area contributed by atoms with Crippen LogP contribution >= 0.6 is 0 Å². The Labute approximate surface area is 188 Å². The van der Waals surface area contributed by atoms with Gasteiger partial charge in [-0.1, -0.05) is 13.8 Å². The number of nitrogens with two attached hydrogens (primary N) is 1. The van der Waals surface area contributed by atoms with Gasteiger partial charge in [-0.25, -0.2) is 23.5 Å². The highest BCUT2D eigenvalue weighted by molar-refractivity contribution is 7.89. The SMILES string of the molecule is CC1CN(c2ncc(C(F)(F)F)cc2C(=O)Nc2ccnc(S(N)(=O)=O)c2)CC(C)C1(C)O. The fourth-order valence-corrected chi connectivity index (χ4v) is 4.14. The Balaban J connectivity index is 2.01. The molecule has 180 valence electrons. The van der Waals surface area contributed by atoms with E-state index < -0.39 is 38.3 Å². The molecule has 0 saturated carbocycles. The predicted octanol–water partition coefficient (Wildman–Crippen LogP) is 2.24. The number of aliphatic hydroxyl groups is 1. The van der Waals surface area contributed by atoms with Crippen LogP contribution in [0, 0.1) is 11.8 Å². The summed E-state index contributed by atoms with van der Waals surface area (Å²) in [6.45, 7) is 5.83. The van der Waals surface area contributed by atoms with Crippen LogP contribution in [0.1, 0.15) is 36.7 Å². The van der Waals surface area contributed by atoms with Crippen LogP contribution in [0.4, 0.5) is 24.7 Å². The molecule has 1 aliphatic rings. The normalized spacial score (nSPS) is 23.9. The van der Waals surface area contributed by atoms with E-state index in [0.29, 0.717) is 12.3 Å². The number of carbonyl (C=O) groups excluding carboxylic acids is 1. The molecule has 1 saturated heterocycles. The van der Waals surface area contributed by atoms with Crippen molar-refractivity contribution in [2.45, 2.75) is 37.6 Å². The minimum absolute atomic E-state index is 0.0225. The highest BCUT2D eigenvalue weighted by atomic mass is 32.2. The summed E-state index contributed by atoms with van der Waals surface area (Å²) in [4.78, 5) is 22.2. The molecule has 1 aliphatic heterocycles. The standard InChI is InChI=1S/C20H24F3N5O4S/c1-11-9-28(10-12(2)19(11,3)30)17-15(6-13(8-26-17)20(21,22)23)18(29)27-14-4-5-25-16(7-14)33(24,31)32/h4-8,11-12,30H,9-10H2,1-3H3,(H2,24,31,32)(H,25,27,29). The van der Waals surface area contributed by atoms with E-state index in [4.69, 9.17) is 5.14 Å². The summed E-state index contributed by atoms with van der Waals surface area (Å²) in [6.07, 6.45) is -2.99. The second kappa shape index (κ2) is 8.54. The van der Waals surface area contributed by atoms with Crippen molar-refractivity contribution >= 4 is 27.4 Å². The number of halogens is 3. The number of hydrogen-bond donors (Lipinski definition) is 3. The molecule has 3 rings (SSSR count). The van der Waals surface area contributed by atoms with Crippen molar-refractivity contribution in [2.24, 2.45) is 17.0 Å². The van der Waals surface area contributed by atoms with Crippen molar-refractivity contribution in [1.29, 1.82) is 0 Å². The fourth-order valence-electron chi connectivity index (χ4n) is 3.64. The largest absolute Gasteiger partial charge is 0.417 e. The molecule has 2 atom stereocenters. The van der Waals surface area contributed by atoms with E-state index in [1.54, 1.807) is 25.7 Å². The molecule has 0 spiro atoms. The summed E-state index contributed by atoms with van der Waals surface area (Å²) in [5, 5.41) is 17.6. The van der Waals surface area contributed by atoms with Gasteiger partial charge in [0, 0.05) is 49.1 Å². The van der Waals surface area contributed by atoms with Gasteiger partial charge >= 0.3 is 6.18 Å². The summed E-state index contributed by atoms with van der Waals surface area (Å²) >= 11 is 0. The van der Waals surface area contributed by atoms with E-state index >= 15 is 0 Å². The quantitative estimate of drug-likeness (QED) is 0.601. The Morgan fingerprint density at radius 2 is 1.85 bits per heavy atom. The van der Waals surface area contributed by atoms with Crippen LogP contribution in [0.2, 0.25) is 0 Å². The molecule has 0 aliphatic carbocycles. The number of amides is 1. The van der Waals surface area contributed by atoms with Crippen LogP contribution in [-0.2, 0) is 16.2 Å². The molecule has 0 radical (unpaired) electrons. The monoisotopic (exact) mass is 487 g/mol. The number of nitrogens with one attached hydrogen (secondary N) is 1. The maximum Gasteiger partial charge on any atom is 0.417 e. The number of piperidine rings is 1. The van der Waals surface area contributed by atoms with Gasteiger partial charge in [0.2, 0.25) is 0 Å². The van der Waals surface area contributed by atoms with Gasteiger partial charge < -0.3 is 15.3 Å². The zero-order valence-corrected chi connectivity index (χ0v) is 18.9. The summed E-state index contributed by atoms with van der Waals surface area (Å²) in [5.74, 6) is -1.40. The molecule has 2 aromatic rings. The van der Waals surface area contributed by atoms with Gasteiger partial charge in [-0.2, -0.15) is 13.2 Å². The molecule has 3 heterocycles. The van der Waals surface area contributed by atoms with Gasteiger partial charge in [0.25, 0.3) is 15.9 Å². The minimum atomic E-state index is -4.73. The topological polar surface area (TPSA) is 139 Å². The lowest BCUT2D eigenvalue weighted by Crippen LogP contribution is -2.55. The molecule has 13 heteroatoms. The van der Waals surface area contributed by atoms with E-state index in [1.165, 1.54) is 6.07 Å². The number of alkyl halides is 3. The van der Waals surface area contributed by atoms with Crippen LogP contribution in [0.3, 0.4) is 0 Å². The Morgan fingerprint density at radius 1 is 1.24 bits per heavy atom. The Bertz CT molecular complexity index is 1160. The number of carbonyl (C=O) groups is 1. The van der Waals surface area contributed by atoms with Gasteiger partial charge in [-0.05, 0) is 19.1 Å². The maximum absolute atomic E-state index is 13.3. The molecule has 2 unspecified atom stereocenters. The van der Waals surface area contributed by atoms with Crippen molar-refractivity contribution in [3.8, 4) is 0 Å². The van der Waals surface area contributed by atoms with Crippen LogP contribution < -0.4 is 15.4 Å². The predicted molar refractivity (Wildman–Crippen MR) is 114 cm³/mol. The number of hydrogen-bond acceptors (Lipinski definition) is 7. The van der Waals surface area contributed by atoms with Crippen molar-refractivity contribution < 1.29 is 31.5 Å². The molecular formula is C20H24F3N5O4S. The molecule has 1 amide bonds. The van der Waals surface area contributed by atoms with Crippen LogP contribution in [0.15, 0.2) is 35.6 Å². The smallest absolute Gasteiger partial charge is 0.389 e. The van der Waals surface area contributed by atoms with Crippen molar-refractivity contribution in [3.63, 3.8) is 0 Å². The van der Waals surface area contributed by atoms with E-state index in [0.717, 1.165) is 12.3 Å². The second-order valence-electron chi connectivity index (χ2n) is 8.41. The number of primary sulfonamides is 1. The average Bonchev–Trinajstić information content (AvgIpc) is 2.70. The van der Waals surface area contributed by atoms with Gasteiger partial charge in [0.15, 0.2) is 5.03 Å². The summed E-state index contributed by atoms with van der Waals surface area (Å²) < 4.78 is 63.0. The zero-order valence-electron chi connectivity index (χ0n) is 18.1. The first-order valence-electron chi connectivity index (χ1n) is 9.95. The second-order valence-corrected chi connectivity index (χ2v) is 9.92. The molecule has 9 nitrogen and oxygen atoms in total. The van der Waals surface area contributed by atoms with E-state index in [9.17, 15) is 31.5 Å². The van der Waals surface area contributed by atoms with E-state index in [2.05, 4.69) is 15.3 Å². The third-order valence-corrected chi connectivity index (χ3v) is 6.81. The molecule has 0 aromatic carbocycles. The van der Waals surface area contributed by atoms with Gasteiger partial charge in [-0.3, -0.25) is 4.79 Å². The molecule has 1 fully saturated rings. The third kappa shape index (κ3) is 5.25. The number of aromatic nitrogens is 2. The van der Waals surface area contributed by atoms with Gasteiger partial charge in [0.05, 0.1) is 16.7 Å². The highest BCUT2D eigenvalue weighted by Gasteiger charge is 2.42.